The maximum Gasteiger partial charge on any atom is 0.324 e. The fraction of sp³-hybridized carbons (Fsp3) is 0.400. The third kappa shape index (κ3) is 5.10. The lowest BCUT2D eigenvalue weighted by Crippen LogP contribution is -2.45. The third-order valence-corrected chi connectivity index (χ3v) is 5.85. The van der Waals surface area contributed by atoms with Crippen molar-refractivity contribution in [2.24, 2.45) is 5.92 Å². The van der Waals surface area contributed by atoms with E-state index in [-0.39, 0.29) is 11.8 Å². The number of rotatable bonds is 8. The van der Waals surface area contributed by atoms with Crippen molar-refractivity contribution in [3.8, 4) is 22.9 Å². The van der Waals surface area contributed by atoms with Crippen LogP contribution in [0.4, 0.5) is 11.7 Å². The molecule has 1 unspecified atom stereocenters. The molecular formula is C25H30N4O4. The van der Waals surface area contributed by atoms with E-state index < -0.39 is 0 Å². The van der Waals surface area contributed by atoms with Crippen molar-refractivity contribution in [2.45, 2.75) is 26.7 Å². The van der Waals surface area contributed by atoms with Crippen molar-refractivity contribution in [1.82, 2.24) is 10.1 Å². The summed E-state index contributed by atoms with van der Waals surface area (Å²) in [6.07, 6.45) is 1.72. The molecular weight excluding hydrogens is 420 g/mol. The molecule has 0 aliphatic carbocycles. The van der Waals surface area contributed by atoms with Crippen LogP contribution in [0.3, 0.4) is 0 Å². The SMILES string of the molecule is CCOc1ccc(N(CC)C(=O)C2CCCN(c3nc(-c4ccc(OC)cc4)no3)C2)cc1. The van der Waals surface area contributed by atoms with Gasteiger partial charge in [-0.1, -0.05) is 5.16 Å². The molecule has 3 aromatic rings. The summed E-state index contributed by atoms with van der Waals surface area (Å²) < 4.78 is 16.3. The Hall–Kier alpha value is -3.55. The van der Waals surface area contributed by atoms with Crippen LogP contribution >= 0.6 is 0 Å². The Kier molecular flexibility index (Phi) is 7.12. The zero-order valence-corrected chi connectivity index (χ0v) is 19.4. The largest absolute Gasteiger partial charge is 0.497 e. The summed E-state index contributed by atoms with van der Waals surface area (Å²) in [7, 11) is 1.63. The minimum atomic E-state index is -0.137. The lowest BCUT2D eigenvalue weighted by atomic mass is 9.96. The molecule has 1 fully saturated rings. The summed E-state index contributed by atoms with van der Waals surface area (Å²) in [5, 5.41) is 4.13. The summed E-state index contributed by atoms with van der Waals surface area (Å²) in [6.45, 7) is 6.50. The highest BCUT2D eigenvalue weighted by atomic mass is 16.5. The Morgan fingerprint density at radius 1 is 1.12 bits per heavy atom. The van der Waals surface area contributed by atoms with Gasteiger partial charge in [-0.15, -0.1) is 0 Å². The van der Waals surface area contributed by atoms with E-state index in [2.05, 4.69) is 10.1 Å². The molecule has 33 heavy (non-hydrogen) atoms. The maximum absolute atomic E-state index is 13.4. The summed E-state index contributed by atoms with van der Waals surface area (Å²) in [5.41, 5.74) is 1.73. The average molecular weight is 451 g/mol. The van der Waals surface area contributed by atoms with Crippen LogP contribution < -0.4 is 19.3 Å². The fourth-order valence-electron chi connectivity index (χ4n) is 4.13. The number of aromatic nitrogens is 2. The van der Waals surface area contributed by atoms with Gasteiger partial charge >= 0.3 is 6.01 Å². The smallest absolute Gasteiger partial charge is 0.324 e. The van der Waals surface area contributed by atoms with Crippen LogP contribution in [0.5, 0.6) is 11.5 Å². The maximum atomic E-state index is 13.4. The van der Waals surface area contributed by atoms with Crippen LogP contribution in [-0.2, 0) is 4.79 Å². The van der Waals surface area contributed by atoms with Crippen molar-refractivity contribution in [1.29, 1.82) is 0 Å². The molecule has 1 aliphatic rings. The Morgan fingerprint density at radius 3 is 2.52 bits per heavy atom. The van der Waals surface area contributed by atoms with Gasteiger partial charge in [-0.3, -0.25) is 4.79 Å². The second kappa shape index (κ2) is 10.4. The van der Waals surface area contributed by atoms with Gasteiger partial charge in [0.15, 0.2) is 0 Å². The number of hydrogen-bond donors (Lipinski definition) is 0. The van der Waals surface area contributed by atoms with Gasteiger partial charge in [0, 0.05) is 30.9 Å². The third-order valence-electron chi connectivity index (χ3n) is 5.85. The predicted molar refractivity (Wildman–Crippen MR) is 127 cm³/mol. The number of methoxy groups -OCH3 is 1. The van der Waals surface area contributed by atoms with E-state index in [1.54, 1.807) is 7.11 Å². The Labute approximate surface area is 194 Å². The van der Waals surface area contributed by atoms with Crippen molar-refractivity contribution in [3.05, 3.63) is 48.5 Å². The quantitative estimate of drug-likeness (QED) is 0.503. The highest BCUT2D eigenvalue weighted by Gasteiger charge is 2.31. The molecule has 4 rings (SSSR count). The van der Waals surface area contributed by atoms with Gasteiger partial charge in [0.1, 0.15) is 11.5 Å². The number of amides is 1. The molecule has 2 aromatic carbocycles. The van der Waals surface area contributed by atoms with Gasteiger partial charge in [-0.2, -0.15) is 4.98 Å². The number of piperidine rings is 1. The first-order chi connectivity index (χ1) is 16.1. The van der Waals surface area contributed by atoms with Crippen LogP contribution in [0.25, 0.3) is 11.4 Å². The Morgan fingerprint density at radius 2 is 1.85 bits per heavy atom. The van der Waals surface area contributed by atoms with E-state index in [9.17, 15) is 4.79 Å². The highest BCUT2D eigenvalue weighted by Crippen LogP contribution is 2.28. The van der Waals surface area contributed by atoms with Crippen molar-refractivity contribution >= 4 is 17.6 Å². The molecule has 1 amide bonds. The summed E-state index contributed by atoms with van der Waals surface area (Å²) in [6, 6.07) is 15.6. The Balaban J connectivity index is 1.45. The second-order valence-electron chi connectivity index (χ2n) is 7.92. The number of benzene rings is 2. The summed E-state index contributed by atoms with van der Waals surface area (Å²) in [5.74, 6) is 2.07. The number of anilines is 2. The zero-order valence-electron chi connectivity index (χ0n) is 19.4. The molecule has 2 heterocycles. The molecule has 0 saturated carbocycles. The predicted octanol–water partition coefficient (Wildman–Crippen LogP) is 4.41. The van der Waals surface area contributed by atoms with Crippen LogP contribution in [0.1, 0.15) is 26.7 Å². The standard InChI is InChI=1S/C25H30N4O4/c1-4-29(20-10-14-22(15-11-20)32-5-2)24(30)19-7-6-16-28(17-19)25-26-23(27-33-25)18-8-12-21(31-3)13-9-18/h8-15,19H,4-7,16-17H2,1-3H3. The molecule has 8 nitrogen and oxygen atoms in total. The number of carbonyl (C=O) groups excluding carboxylic acids is 1. The van der Waals surface area contributed by atoms with Crippen LogP contribution in [0.2, 0.25) is 0 Å². The van der Waals surface area contributed by atoms with E-state index in [1.165, 1.54) is 0 Å². The highest BCUT2D eigenvalue weighted by molar-refractivity contribution is 5.95. The molecule has 1 aliphatic heterocycles. The van der Waals surface area contributed by atoms with Crippen LogP contribution in [0.15, 0.2) is 53.1 Å². The average Bonchev–Trinajstić information content (AvgIpc) is 3.36. The molecule has 8 heteroatoms. The van der Waals surface area contributed by atoms with E-state index in [0.29, 0.717) is 31.5 Å². The van der Waals surface area contributed by atoms with Gasteiger partial charge in [0.2, 0.25) is 11.7 Å². The van der Waals surface area contributed by atoms with Gasteiger partial charge in [0.05, 0.1) is 19.6 Å². The van der Waals surface area contributed by atoms with Gasteiger partial charge in [0.25, 0.3) is 0 Å². The first kappa shape index (κ1) is 22.6. The molecule has 1 saturated heterocycles. The number of hydrogen-bond acceptors (Lipinski definition) is 7. The van der Waals surface area contributed by atoms with E-state index >= 15 is 0 Å². The first-order valence-corrected chi connectivity index (χ1v) is 11.4. The van der Waals surface area contributed by atoms with E-state index in [4.69, 9.17) is 14.0 Å². The van der Waals surface area contributed by atoms with Crippen molar-refractivity contribution in [2.75, 3.05) is 43.2 Å². The normalized spacial score (nSPS) is 15.8. The lowest BCUT2D eigenvalue weighted by molar-refractivity contribution is -0.122. The Bertz CT molecular complexity index is 1050. The van der Waals surface area contributed by atoms with Crippen LogP contribution in [0, 0.1) is 5.92 Å². The number of ether oxygens (including phenoxy) is 2. The minimum absolute atomic E-state index is 0.112. The molecule has 0 radical (unpaired) electrons. The van der Waals surface area contributed by atoms with Crippen molar-refractivity contribution < 1.29 is 18.8 Å². The van der Waals surface area contributed by atoms with Gasteiger partial charge < -0.3 is 23.8 Å². The molecule has 0 spiro atoms. The number of nitrogens with zero attached hydrogens (tertiary/aromatic N) is 4. The van der Waals surface area contributed by atoms with E-state index in [0.717, 1.165) is 42.1 Å². The van der Waals surface area contributed by atoms with Crippen molar-refractivity contribution in [3.63, 3.8) is 0 Å². The van der Waals surface area contributed by atoms with Crippen LogP contribution in [-0.4, -0.2) is 49.4 Å². The van der Waals surface area contributed by atoms with Gasteiger partial charge in [-0.25, -0.2) is 0 Å². The topological polar surface area (TPSA) is 80.9 Å². The summed E-state index contributed by atoms with van der Waals surface area (Å²) in [4.78, 5) is 21.8. The fourth-order valence-corrected chi connectivity index (χ4v) is 4.13. The molecule has 1 aromatic heterocycles. The van der Waals surface area contributed by atoms with E-state index in [1.807, 2.05) is 72.2 Å². The molecule has 0 bridgehead atoms. The summed E-state index contributed by atoms with van der Waals surface area (Å²) >= 11 is 0. The zero-order chi connectivity index (χ0) is 23.2. The second-order valence-corrected chi connectivity index (χ2v) is 7.92. The molecule has 0 N–H and O–H groups in total. The molecule has 1 atom stereocenters. The monoisotopic (exact) mass is 450 g/mol. The lowest BCUT2D eigenvalue weighted by Gasteiger charge is -2.33. The first-order valence-electron chi connectivity index (χ1n) is 11.4. The minimum Gasteiger partial charge on any atom is -0.497 e. The number of carbonyl (C=O) groups is 1. The van der Waals surface area contributed by atoms with Gasteiger partial charge in [-0.05, 0) is 75.2 Å². The molecule has 174 valence electrons.